The van der Waals surface area contributed by atoms with Crippen LogP contribution in [0.2, 0.25) is 0 Å². The van der Waals surface area contributed by atoms with Gasteiger partial charge in [0.15, 0.2) is 0 Å². The summed E-state index contributed by atoms with van der Waals surface area (Å²) in [7, 11) is 0. The molecule has 1 aliphatic rings. The second kappa shape index (κ2) is 6.87. The van der Waals surface area contributed by atoms with E-state index in [9.17, 15) is 4.79 Å². The van der Waals surface area contributed by atoms with Crippen LogP contribution in [0.15, 0.2) is 6.07 Å². The highest BCUT2D eigenvalue weighted by Gasteiger charge is 2.20. The van der Waals surface area contributed by atoms with Gasteiger partial charge < -0.3 is 0 Å². The molecule has 0 aromatic carbocycles. The summed E-state index contributed by atoms with van der Waals surface area (Å²) in [5.41, 5.74) is 1.19. The number of thiophene rings is 1. The predicted molar refractivity (Wildman–Crippen MR) is 92.1 cm³/mol. The van der Waals surface area contributed by atoms with E-state index in [0.29, 0.717) is 11.0 Å². The Balaban J connectivity index is 1.67. The highest BCUT2D eigenvalue weighted by molar-refractivity contribution is 7.16. The molecule has 2 heterocycles. The molecule has 2 aromatic heterocycles. The maximum atomic E-state index is 12.3. The molecule has 4 nitrogen and oxygen atoms in total. The Morgan fingerprint density at radius 1 is 1.27 bits per heavy atom. The van der Waals surface area contributed by atoms with Gasteiger partial charge in [0.2, 0.25) is 5.13 Å². The van der Waals surface area contributed by atoms with Crippen molar-refractivity contribution in [3.05, 3.63) is 26.4 Å². The highest BCUT2D eigenvalue weighted by atomic mass is 32.1. The first-order chi connectivity index (χ1) is 10.7. The topological polar surface area (TPSA) is 54.9 Å². The number of rotatable bonds is 4. The van der Waals surface area contributed by atoms with Crippen LogP contribution in [0, 0.1) is 6.92 Å². The minimum absolute atomic E-state index is 0.0702. The molecule has 118 valence electrons. The molecule has 6 heteroatoms. The molecule has 0 aliphatic heterocycles. The molecule has 1 fully saturated rings. The van der Waals surface area contributed by atoms with E-state index in [0.717, 1.165) is 16.3 Å². The van der Waals surface area contributed by atoms with Gasteiger partial charge in [-0.3, -0.25) is 10.1 Å². The molecular weight excluding hydrogens is 314 g/mol. The Bertz CT molecular complexity index is 656. The summed E-state index contributed by atoms with van der Waals surface area (Å²) in [6, 6.07) is 1.96. The molecule has 0 spiro atoms. The zero-order valence-corrected chi connectivity index (χ0v) is 14.6. The van der Waals surface area contributed by atoms with Gasteiger partial charge in [0, 0.05) is 10.8 Å². The fraction of sp³-hybridized carbons (Fsp3) is 0.562. The Morgan fingerprint density at radius 3 is 2.73 bits per heavy atom. The molecule has 0 bridgehead atoms. The number of nitrogens with one attached hydrogen (secondary N) is 1. The van der Waals surface area contributed by atoms with Crippen molar-refractivity contribution in [1.82, 2.24) is 10.2 Å². The molecule has 3 rings (SSSR count). The maximum absolute atomic E-state index is 12.3. The van der Waals surface area contributed by atoms with E-state index < -0.39 is 0 Å². The number of hydrogen-bond donors (Lipinski definition) is 1. The SMILES string of the molecule is CCc1sc(C(=O)Nc2nnc(C3CCCCC3)s2)cc1C. The van der Waals surface area contributed by atoms with Crippen LogP contribution in [0.4, 0.5) is 5.13 Å². The summed E-state index contributed by atoms with van der Waals surface area (Å²) >= 11 is 3.10. The van der Waals surface area contributed by atoms with Crippen molar-refractivity contribution >= 4 is 33.7 Å². The van der Waals surface area contributed by atoms with E-state index in [4.69, 9.17) is 0 Å². The summed E-state index contributed by atoms with van der Waals surface area (Å²) in [4.78, 5) is 14.3. The van der Waals surface area contributed by atoms with Crippen LogP contribution in [0.5, 0.6) is 0 Å². The molecule has 0 saturated heterocycles. The van der Waals surface area contributed by atoms with E-state index in [1.165, 1.54) is 53.9 Å². The van der Waals surface area contributed by atoms with E-state index in [-0.39, 0.29) is 5.91 Å². The molecule has 2 aromatic rings. The standard InChI is InChI=1S/C16H21N3OS2/c1-3-12-10(2)9-13(21-12)14(20)17-16-19-18-15(22-16)11-7-5-4-6-8-11/h9,11H,3-8H2,1-2H3,(H,17,19,20). The fourth-order valence-electron chi connectivity index (χ4n) is 2.94. The maximum Gasteiger partial charge on any atom is 0.267 e. The lowest BCUT2D eigenvalue weighted by molar-refractivity contribution is 0.103. The quantitative estimate of drug-likeness (QED) is 0.875. The van der Waals surface area contributed by atoms with Crippen molar-refractivity contribution in [1.29, 1.82) is 0 Å². The molecular formula is C16H21N3OS2. The van der Waals surface area contributed by atoms with Gasteiger partial charge in [-0.2, -0.15) is 0 Å². The van der Waals surface area contributed by atoms with Gasteiger partial charge in [-0.05, 0) is 37.8 Å². The Hall–Kier alpha value is -1.27. The number of carbonyl (C=O) groups is 1. The van der Waals surface area contributed by atoms with E-state index in [1.54, 1.807) is 11.3 Å². The minimum Gasteiger partial charge on any atom is -0.296 e. The second-order valence-corrected chi connectivity index (χ2v) is 7.95. The van der Waals surface area contributed by atoms with Crippen LogP contribution in [0.25, 0.3) is 0 Å². The van der Waals surface area contributed by atoms with Crippen molar-refractivity contribution in [3.8, 4) is 0 Å². The normalized spacial score (nSPS) is 15.9. The van der Waals surface area contributed by atoms with Gasteiger partial charge >= 0.3 is 0 Å². The lowest BCUT2D eigenvalue weighted by atomic mass is 9.90. The van der Waals surface area contributed by atoms with Crippen LogP contribution >= 0.6 is 22.7 Å². The van der Waals surface area contributed by atoms with Gasteiger partial charge in [-0.15, -0.1) is 21.5 Å². The summed E-state index contributed by atoms with van der Waals surface area (Å²) < 4.78 is 0. The van der Waals surface area contributed by atoms with Gasteiger partial charge in [-0.25, -0.2) is 0 Å². The Labute approximate surface area is 139 Å². The second-order valence-electron chi connectivity index (χ2n) is 5.80. The average molecular weight is 335 g/mol. The predicted octanol–water partition coefficient (Wildman–Crippen LogP) is 4.77. The molecule has 22 heavy (non-hydrogen) atoms. The summed E-state index contributed by atoms with van der Waals surface area (Å²) in [6.07, 6.45) is 7.25. The van der Waals surface area contributed by atoms with Crippen molar-refractivity contribution in [2.45, 2.75) is 58.3 Å². The summed E-state index contributed by atoms with van der Waals surface area (Å²) in [5.74, 6) is 0.465. The number of anilines is 1. The third-order valence-corrected chi connectivity index (χ3v) is 6.56. The first-order valence-corrected chi connectivity index (χ1v) is 9.54. The lowest BCUT2D eigenvalue weighted by Crippen LogP contribution is -2.09. The highest BCUT2D eigenvalue weighted by Crippen LogP contribution is 2.35. The summed E-state index contributed by atoms with van der Waals surface area (Å²) in [6.45, 7) is 4.17. The lowest BCUT2D eigenvalue weighted by Gasteiger charge is -2.18. The molecule has 1 aliphatic carbocycles. The van der Waals surface area contributed by atoms with Crippen LogP contribution in [-0.2, 0) is 6.42 Å². The fourth-order valence-corrected chi connectivity index (χ4v) is 4.86. The van der Waals surface area contributed by atoms with E-state index in [1.807, 2.05) is 6.07 Å². The number of carbonyl (C=O) groups excluding carboxylic acids is 1. The van der Waals surface area contributed by atoms with Gasteiger partial charge in [-0.1, -0.05) is 37.5 Å². The molecule has 0 radical (unpaired) electrons. The zero-order chi connectivity index (χ0) is 15.5. The largest absolute Gasteiger partial charge is 0.296 e. The van der Waals surface area contributed by atoms with Crippen LogP contribution in [0.1, 0.15) is 70.1 Å². The molecule has 0 atom stereocenters. The third kappa shape index (κ3) is 3.38. The summed E-state index contributed by atoms with van der Waals surface area (Å²) in [5, 5.41) is 13.0. The van der Waals surface area contributed by atoms with Gasteiger partial charge in [0.1, 0.15) is 5.01 Å². The van der Waals surface area contributed by atoms with Crippen molar-refractivity contribution in [2.75, 3.05) is 5.32 Å². The molecule has 1 saturated carbocycles. The molecule has 0 unspecified atom stereocenters. The number of hydrogen-bond acceptors (Lipinski definition) is 5. The van der Waals surface area contributed by atoms with E-state index in [2.05, 4.69) is 29.4 Å². The van der Waals surface area contributed by atoms with Crippen molar-refractivity contribution < 1.29 is 4.79 Å². The number of aryl methyl sites for hydroxylation is 2. The Morgan fingerprint density at radius 2 is 2.05 bits per heavy atom. The number of aromatic nitrogens is 2. The van der Waals surface area contributed by atoms with Gasteiger partial charge in [0.25, 0.3) is 5.91 Å². The number of nitrogens with zero attached hydrogens (tertiary/aromatic N) is 2. The zero-order valence-electron chi connectivity index (χ0n) is 13.0. The molecule has 1 amide bonds. The van der Waals surface area contributed by atoms with Crippen LogP contribution < -0.4 is 5.32 Å². The first kappa shape index (κ1) is 15.6. The van der Waals surface area contributed by atoms with E-state index >= 15 is 0 Å². The Kier molecular flexibility index (Phi) is 4.88. The first-order valence-electron chi connectivity index (χ1n) is 7.91. The van der Waals surface area contributed by atoms with Crippen LogP contribution in [0.3, 0.4) is 0 Å². The van der Waals surface area contributed by atoms with Crippen LogP contribution in [-0.4, -0.2) is 16.1 Å². The molecule has 1 N–H and O–H groups in total. The van der Waals surface area contributed by atoms with Gasteiger partial charge in [0.05, 0.1) is 4.88 Å². The smallest absolute Gasteiger partial charge is 0.267 e. The van der Waals surface area contributed by atoms with Crippen molar-refractivity contribution in [2.24, 2.45) is 0 Å². The number of amides is 1. The average Bonchev–Trinajstić information content (AvgIpc) is 3.14. The monoisotopic (exact) mass is 335 g/mol. The third-order valence-electron chi connectivity index (χ3n) is 4.18. The minimum atomic E-state index is -0.0702. The van der Waals surface area contributed by atoms with Crippen molar-refractivity contribution in [3.63, 3.8) is 0 Å².